The summed E-state index contributed by atoms with van der Waals surface area (Å²) >= 11 is 1.53. The zero-order chi connectivity index (χ0) is 2.00. The average Bonchev–Trinajstić information content (AvgIpc) is 1.00. The van der Waals surface area contributed by atoms with Gasteiger partial charge in [-0.05, 0) is 0 Å². The molecule has 0 atom stereocenters. The molecule has 0 unspecified atom stereocenters. The third kappa shape index (κ3) is 13.8. The van der Waals surface area contributed by atoms with E-state index in [1.165, 1.54) is 18.0 Å². The van der Waals surface area contributed by atoms with E-state index in [-0.39, 0.29) is 11.0 Å². The van der Waals surface area contributed by atoms with Gasteiger partial charge in [-0.25, -0.2) is 0 Å². The van der Waals surface area contributed by atoms with Crippen LogP contribution in [0.2, 0.25) is 0 Å². The molecular formula is H4MoO2S. The number of hydrogen-bond acceptors (Lipinski definition) is 1. The van der Waals surface area contributed by atoms with Crippen molar-refractivity contribution in [1.82, 2.24) is 0 Å². The van der Waals surface area contributed by atoms with Crippen LogP contribution in [-0.2, 0) is 18.0 Å². The maximum absolute atomic E-state index is 4.09. The van der Waals surface area contributed by atoms with E-state index < -0.39 is 0 Å². The van der Waals surface area contributed by atoms with Crippen LogP contribution in [0.25, 0.3) is 0 Å². The van der Waals surface area contributed by atoms with Crippen LogP contribution in [0.3, 0.4) is 0 Å². The van der Waals surface area contributed by atoms with Crippen molar-refractivity contribution in [2.75, 3.05) is 0 Å². The molecule has 0 aromatic rings. The van der Waals surface area contributed by atoms with Crippen LogP contribution in [0.1, 0.15) is 0 Å². The first-order chi connectivity index (χ1) is 1.00. The van der Waals surface area contributed by atoms with Crippen molar-refractivity contribution in [3.63, 3.8) is 0 Å². The number of rotatable bonds is 0. The first-order valence-corrected chi connectivity index (χ1v) is 2.96. The predicted octanol–water partition coefficient (Wildman–Crippen LogP) is -1.00. The Hall–Kier alpha value is 0.828. The summed E-state index contributed by atoms with van der Waals surface area (Å²) in [5, 5.41) is 0. The first kappa shape index (κ1) is 21.2. The van der Waals surface area contributed by atoms with E-state index >= 15 is 0 Å². The second-order valence-corrected chi connectivity index (χ2v) is 0. The Morgan fingerprint density at radius 1 is 1.00 bits per heavy atom. The van der Waals surface area contributed by atoms with Crippen LogP contribution >= 0.6 is 9.82 Å². The fraction of sp³-hybridized carbons (Fsp3) is 0. The van der Waals surface area contributed by atoms with Crippen molar-refractivity contribution in [3.05, 3.63) is 0 Å². The van der Waals surface area contributed by atoms with Gasteiger partial charge in [0, 0.05) is 0 Å². The van der Waals surface area contributed by atoms with Gasteiger partial charge in [0.1, 0.15) is 0 Å². The molecule has 4 N–H and O–H groups in total. The van der Waals surface area contributed by atoms with Gasteiger partial charge in [-0.15, -0.1) is 0 Å². The fourth-order valence-electron chi connectivity index (χ4n) is 0. The fourth-order valence-corrected chi connectivity index (χ4v) is 0. The molecule has 0 aliphatic rings. The predicted molar refractivity (Wildman–Crippen MR) is 14.8 cm³/mol. The summed E-state index contributed by atoms with van der Waals surface area (Å²) in [6.45, 7) is 0. The van der Waals surface area contributed by atoms with Crippen LogP contribution in [0.4, 0.5) is 0 Å². The summed E-state index contributed by atoms with van der Waals surface area (Å²) in [5.41, 5.74) is 0. The van der Waals surface area contributed by atoms with Gasteiger partial charge >= 0.3 is 27.8 Å². The van der Waals surface area contributed by atoms with Crippen LogP contribution in [0, 0.1) is 0 Å². The molecule has 0 aliphatic heterocycles. The molecular weight excluding hydrogens is 160 g/mol. The van der Waals surface area contributed by atoms with Gasteiger partial charge in [-0.2, -0.15) is 0 Å². The Morgan fingerprint density at radius 3 is 1.00 bits per heavy atom. The summed E-state index contributed by atoms with van der Waals surface area (Å²) < 4.78 is 0. The van der Waals surface area contributed by atoms with Crippen LogP contribution in [0.15, 0.2) is 0 Å². The molecule has 4 heteroatoms. The van der Waals surface area contributed by atoms with E-state index in [0.717, 1.165) is 0 Å². The molecule has 0 saturated carbocycles. The zero-order valence-electron chi connectivity index (χ0n) is 1.82. The van der Waals surface area contributed by atoms with Gasteiger partial charge in [0.05, 0.1) is 0 Å². The topological polar surface area (TPSA) is 63.0 Å². The quantitative estimate of drug-likeness (QED) is 0.423. The Morgan fingerprint density at radius 2 is 1.00 bits per heavy atom. The van der Waals surface area contributed by atoms with Crippen LogP contribution in [-0.4, -0.2) is 11.0 Å². The van der Waals surface area contributed by atoms with E-state index in [4.69, 9.17) is 0 Å². The second-order valence-electron chi connectivity index (χ2n) is 0. The standard InChI is InChI=1S/Mo.2H2O.S/h;2*1H2;. The van der Waals surface area contributed by atoms with E-state index in [1.54, 1.807) is 0 Å². The van der Waals surface area contributed by atoms with Gasteiger partial charge in [0.2, 0.25) is 0 Å². The van der Waals surface area contributed by atoms with Gasteiger partial charge in [0.15, 0.2) is 0 Å². The van der Waals surface area contributed by atoms with Crippen molar-refractivity contribution in [1.29, 1.82) is 0 Å². The molecule has 0 aliphatic carbocycles. The molecule has 28 valence electrons. The Balaban J connectivity index is -0.00000000500. The third-order valence-corrected chi connectivity index (χ3v) is 0. The minimum atomic E-state index is 0. The van der Waals surface area contributed by atoms with Crippen LogP contribution < -0.4 is 0 Å². The molecule has 0 aromatic heterocycles. The Labute approximate surface area is 39.2 Å². The molecule has 0 amide bonds. The molecule has 0 saturated heterocycles. The van der Waals surface area contributed by atoms with E-state index in [1.807, 2.05) is 0 Å². The molecule has 4 heavy (non-hydrogen) atoms. The van der Waals surface area contributed by atoms with Crippen molar-refractivity contribution in [3.8, 4) is 0 Å². The van der Waals surface area contributed by atoms with Gasteiger partial charge in [0.25, 0.3) is 0 Å². The summed E-state index contributed by atoms with van der Waals surface area (Å²) in [6, 6.07) is 0. The van der Waals surface area contributed by atoms with Gasteiger partial charge in [-0.1, -0.05) is 0 Å². The Bertz CT molecular complexity index is 6.00. The monoisotopic (exact) mass is 166 g/mol. The van der Waals surface area contributed by atoms with E-state index in [2.05, 4.69) is 9.82 Å². The van der Waals surface area contributed by atoms with E-state index in [9.17, 15) is 0 Å². The summed E-state index contributed by atoms with van der Waals surface area (Å²) in [6.07, 6.45) is 0. The SMILES string of the molecule is O.O.[S]=[Mo]. The molecule has 2 nitrogen and oxygen atoms in total. The first-order valence-electron chi connectivity index (χ1n) is 0.167. The molecule has 0 heterocycles. The molecule has 0 spiro atoms. The van der Waals surface area contributed by atoms with Gasteiger partial charge < -0.3 is 11.0 Å². The van der Waals surface area contributed by atoms with Crippen LogP contribution in [0.5, 0.6) is 0 Å². The zero-order valence-corrected chi connectivity index (χ0v) is 4.64. The summed E-state index contributed by atoms with van der Waals surface area (Å²) in [5.74, 6) is 0. The minimum absolute atomic E-state index is 0. The van der Waals surface area contributed by atoms with Crippen molar-refractivity contribution in [2.24, 2.45) is 0 Å². The average molecular weight is 164 g/mol. The second kappa shape index (κ2) is 44.6. The molecule has 0 radical (unpaired) electrons. The summed E-state index contributed by atoms with van der Waals surface area (Å²) in [4.78, 5) is 0. The molecule has 0 bridgehead atoms. The third-order valence-electron chi connectivity index (χ3n) is 0. The molecule has 0 fully saturated rings. The molecule has 0 aromatic carbocycles. The normalized spacial score (nSPS) is 1.00. The maximum atomic E-state index is 4.09. The van der Waals surface area contributed by atoms with Crippen molar-refractivity contribution >= 4 is 9.82 Å². The Kier molecular flexibility index (Phi) is 236. The number of hydrogen-bond donors (Lipinski definition) is 0. The van der Waals surface area contributed by atoms with Crippen molar-refractivity contribution < 1.29 is 28.9 Å². The van der Waals surface area contributed by atoms with Gasteiger partial charge in [-0.3, -0.25) is 0 Å². The van der Waals surface area contributed by atoms with Crippen molar-refractivity contribution in [2.45, 2.75) is 0 Å². The van der Waals surface area contributed by atoms with E-state index in [0.29, 0.717) is 0 Å². The summed E-state index contributed by atoms with van der Waals surface area (Å²) in [7, 11) is 4.09. The molecule has 0 rings (SSSR count).